The van der Waals surface area contributed by atoms with E-state index in [9.17, 15) is 4.79 Å². The molecular weight excluding hydrogens is 476 g/mol. The van der Waals surface area contributed by atoms with Gasteiger partial charge in [-0.15, -0.1) is 6.58 Å². The van der Waals surface area contributed by atoms with Crippen LogP contribution in [0.4, 0.5) is 0 Å². The highest BCUT2D eigenvalue weighted by molar-refractivity contribution is 6.99. The maximum atomic E-state index is 12.2. The van der Waals surface area contributed by atoms with Crippen molar-refractivity contribution in [2.24, 2.45) is 5.92 Å². The number of ether oxygens (including phenoxy) is 2. The molecule has 0 aliphatic carbocycles. The second kappa shape index (κ2) is 13.3. The molecule has 4 nitrogen and oxygen atoms in total. The minimum absolute atomic E-state index is 0.168. The van der Waals surface area contributed by atoms with E-state index < -0.39 is 20.4 Å². The van der Waals surface area contributed by atoms with Crippen molar-refractivity contribution in [2.45, 2.75) is 38.5 Å². The molecule has 0 bridgehead atoms. The van der Waals surface area contributed by atoms with Crippen LogP contribution in [-0.4, -0.2) is 33.6 Å². The third-order valence-electron chi connectivity index (χ3n) is 6.52. The van der Waals surface area contributed by atoms with Crippen LogP contribution in [0.1, 0.15) is 26.3 Å². The summed E-state index contributed by atoms with van der Waals surface area (Å²) in [5.74, 6) is -0.771. The fourth-order valence-corrected chi connectivity index (χ4v) is 9.22. The van der Waals surface area contributed by atoms with Gasteiger partial charge in [0.2, 0.25) is 0 Å². The molecule has 3 rings (SSSR count). The van der Waals surface area contributed by atoms with Gasteiger partial charge in [-0.25, -0.2) is 4.79 Å². The Balaban J connectivity index is 1.90. The second-order valence-corrected chi connectivity index (χ2v) is 14.4. The van der Waals surface area contributed by atoms with Crippen molar-refractivity contribution in [1.29, 1.82) is 0 Å². The van der Waals surface area contributed by atoms with E-state index in [0.29, 0.717) is 13.2 Å². The van der Waals surface area contributed by atoms with Crippen LogP contribution >= 0.6 is 0 Å². The zero-order valence-electron chi connectivity index (χ0n) is 22.1. The van der Waals surface area contributed by atoms with Gasteiger partial charge in [0.15, 0.2) is 0 Å². The topological polar surface area (TPSA) is 44.8 Å². The van der Waals surface area contributed by atoms with E-state index >= 15 is 0 Å². The van der Waals surface area contributed by atoms with E-state index in [2.05, 4.69) is 82.5 Å². The van der Waals surface area contributed by atoms with Gasteiger partial charge in [0.1, 0.15) is 6.10 Å². The lowest BCUT2D eigenvalue weighted by molar-refractivity contribution is -0.149. The molecule has 0 aliphatic heterocycles. The van der Waals surface area contributed by atoms with E-state index in [4.69, 9.17) is 13.9 Å². The molecule has 194 valence electrons. The molecule has 0 aliphatic rings. The number of rotatable bonds is 13. The fraction of sp³-hybridized carbons (Fsp3) is 0.281. The van der Waals surface area contributed by atoms with Crippen molar-refractivity contribution in [3.8, 4) is 0 Å². The molecule has 0 aromatic heterocycles. The fourth-order valence-electron chi connectivity index (χ4n) is 4.62. The Labute approximate surface area is 222 Å². The quantitative estimate of drug-likeness (QED) is 0.127. The Hall–Kier alpha value is -3.25. The summed E-state index contributed by atoms with van der Waals surface area (Å²) in [6.45, 7) is 15.3. The van der Waals surface area contributed by atoms with Crippen LogP contribution in [0.15, 0.2) is 116 Å². The Bertz CT molecular complexity index is 1080. The molecule has 0 spiro atoms. The maximum absolute atomic E-state index is 12.2. The van der Waals surface area contributed by atoms with Gasteiger partial charge in [-0.2, -0.15) is 0 Å². The summed E-state index contributed by atoms with van der Waals surface area (Å²) >= 11 is 0. The molecule has 0 amide bonds. The van der Waals surface area contributed by atoms with Gasteiger partial charge >= 0.3 is 5.97 Å². The van der Waals surface area contributed by atoms with Crippen LogP contribution < -0.4 is 10.4 Å². The highest BCUT2D eigenvalue weighted by atomic mass is 28.4. The molecule has 0 N–H and O–H groups in total. The highest BCUT2D eigenvalue weighted by Crippen LogP contribution is 2.37. The SMILES string of the molecule is C=CC(=O)O[C@H](COCc1ccccc1)[C@@H](C=C)CO[Si](c1ccccc1)(c1ccccc1)C(C)(C)C. The predicted molar refractivity (Wildman–Crippen MR) is 153 cm³/mol. The summed E-state index contributed by atoms with van der Waals surface area (Å²) in [6.07, 6.45) is 2.41. The van der Waals surface area contributed by atoms with Crippen LogP contribution in [-0.2, 0) is 25.3 Å². The van der Waals surface area contributed by atoms with E-state index in [0.717, 1.165) is 5.56 Å². The molecule has 0 unspecified atom stereocenters. The van der Waals surface area contributed by atoms with Crippen molar-refractivity contribution in [3.63, 3.8) is 0 Å². The van der Waals surface area contributed by atoms with Crippen LogP contribution in [0, 0.1) is 5.92 Å². The van der Waals surface area contributed by atoms with E-state index in [1.54, 1.807) is 6.08 Å². The van der Waals surface area contributed by atoms with Crippen molar-refractivity contribution >= 4 is 24.7 Å². The van der Waals surface area contributed by atoms with Crippen molar-refractivity contribution < 1.29 is 18.7 Å². The zero-order valence-corrected chi connectivity index (χ0v) is 23.1. The van der Waals surface area contributed by atoms with Crippen LogP contribution in [0.3, 0.4) is 0 Å². The third-order valence-corrected chi connectivity index (χ3v) is 11.5. The van der Waals surface area contributed by atoms with Gasteiger partial charge < -0.3 is 13.9 Å². The Kier molecular flexibility index (Phi) is 10.2. The zero-order chi connectivity index (χ0) is 26.7. The molecule has 0 saturated carbocycles. The van der Waals surface area contributed by atoms with Gasteiger partial charge in [0.05, 0.1) is 13.2 Å². The average Bonchev–Trinajstić information content (AvgIpc) is 2.91. The first-order chi connectivity index (χ1) is 17.8. The highest BCUT2D eigenvalue weighted by Gasteiger charge is 2.50. The van der Waals surface area contributed by atoms with E-state index in [1.807, 2.05) is 42.5 Å². The largest absolute Gasteiger partial charge is 0.456 e. The summed E-state index contributed by atoms with van der Waals surface area (Å²) in [4.78, 5) is 12.2. The first-order valence-electron chi connectivity index (χ1n) is 12.6. The minimum Gasteiger partial charge on any atom is -0.456 e. The number of benzene rings is 3. The molecule has 0 saturated heterocycles. The summed E-state index contributed by atoms with van der Waals surface area (Å²) in [5.41, 5.74) is 1.05. The lowest BCUT2D eigenvalue weighted by Gasteiger charge is -2.44. The van der Waals surface area contributed by atoms with Crippen molar-refractivity contribution in [1.82, 2.24) is 0 Å². The smallest absolute Gasteiger partial charge is 0.330 e. The van der Waals surface area contributed by atoms with Gasteiger partial charge in [0.25, 0.3) is 8.32 Å². The number of esters is 1. The lowest BCUT2D eigenvalue weighted by Crippen LogP contribution is -2.67. The molecule has 3 aromatic carbocycles. The van der Waals surface area contributed by atoms with Gasteiger partial charge in [-0.05, 0) is 21.0 Å². The Morgan fingerprint density at radius 3 is 1.81 bits per heavy atom. The Morgan fingerprint density at radius 2 is 1.35 bits per heavy atom. The molecule has 37 heavy (non-hydrogen) atoms. The Morgan fingerprint density at radius 1 is 0.838 bits per heavy atom. The summed E-state index contributed by atoms with van der Waals surface area (Å²) in [5, 5.41) is 2.21. The van der Waals surface area contributed by atoms with Crippen LogP contribution in [0.2, 0.25) is 5.04 Å². The molecule has 3 aromatic rings. The molecule has 2 atom stereocenters. The van der Waals surface area contributed by atoms with Gasteiger partial charge in [-0.1, -0.05) is 124 Å². The minimum atomic E-state index is -2.76. The number of carbonyl (C=O) groups is 1. The number of carbonyl (C=O) groups excluding carboxylic acids is 1. The third kappa shape index (κ3) is 7.16. The van der Waals surface area contributed by atoms with Crippen LogP contribution in [0.5, 0.6) is 0 Å². The molecule has 5 heteroatoms. The summed E-state index contributed by atoms with van der Waals surface area (Å²) < 4.78 is 18.8. The van der Waals surface area contributed by atoms with E-state index in [-0.39, 0.29) is 17.6 Å². The molecule has 0 radical (unpaired) electrons. The van der Waals surface area contributed by atoms with Crippen molar-refractivity contribution in [3.05, 3.63) is 122 Å². The van der Waals surface area contributed by atoms with Gasteiger partial charge in [-0.3, -0.25) is 0 Å². The lowest BCUT2D eigenvalue weighted by atomic mass is 10.0. The molecular formula is C32H38O4Si. The molecule has 0 heterocycles. The van der Waals surface area contributed by atoms with Crippen molar-refractivity contribution in [2.75, 3.05) is 13.2 Å². The second-order valence-electron chi connectivity index (χ2n) is 10.1. The summed E-state index contributed by atoms with van der Waals surface area (Å²) in [7, 11) is -2.76. The average molecular weight is 515 g/mol. The van der Waals surface area contributed by atoms with Gasteiger partial charge in [0, 0.05) is 18.6 Å². The number of hydrogen-bond donors (Lipinski definition) is 0. The standard InChI is InChI=1S/C32H38O4Si/c1-6-27(30(36-31(33)7-2)25-34-23-26-17-11-8-12-18-26)24-35-37(32(3,4)5,28-19-13-9-14-20-28)29-21-15-10-16-22-29/h6-22,27,30H,1-2,23-25H2,3-5H3/t27-,30+/m0/s1. The van der Waals surface area contributed by atoms with E-state index in [1.165, 1.54) is 16.4 Å². The predicted octanol–water partition coefficient (Wildman–Crippen LogP) is 5.68. The monoisotopic (exact) mass is 514 g/mol. The molecule has 0 fully saturated rings. The summed E-state index contributed by atoms with van der Waals surface area (Å²) in [6, 6.07) is 30.8. The first kappa shape index (κ1) is 28.3. The number of hydrogen-bond acceptors (Lipinski definition) is 4. The first-order valence-corrected chi connectivity index (χ1v) is 14.5. The maximum Gasteiger partial charge on any atom is 0.330 e. The van der Waals surface area contributed by atoms with Crippen LogP contribution in [0.25, 0.3) is 0 Å². The normalized spacial score (nSPS) is 13.4.